The van der Waals surface area contributed by atoms with E-state index in [1.165, 1.54) is 12.1 Å². The summed E-state index contributed by atoms with van der Waals surface area (Å²) in [6.07, 6.45) is -0.139. The molecule has 0 aliphatic rings. The number of phenolic OH excluding ortho intramolecular Hbond substituents is 1. The third-order valence-electron chi connectivity index (χ3n) is 2.43. The standard InChI is InChI=1S/C11H13BrN2O4/c12-9-5(1-3-7(15)10(9)14)11(18)6(13)2-4-8(16)17/h1,3,6,15H,2,4,13-14H2,(H,16,17). The summed E-state index contributed by atoms with van der Waals surface area (Å²) in [6, 6.07) is 1.76. The van der Waals surface area contributed by atoms with Crippen LogP contribution in [0.3, 0.4) is 0 Å². The van der Waals surface area contributed by atoms with E-state index in [1.807, 2.05) is 0 Å². The first kappa shape index (κ1) is 14.5. The lowest BCUT2D eigenvalue weighted by Gasteiger charge is -2.12. The maximum absolute atomic E-state index is 12.0. The van der Waals surface area contributed by atoms with E-state index in [9.17, 15) is 14.7 Å². The number of hydrogen-bond acceptors (Lipinski definition) is 5. The third kappa shape index (κ3) is 3.21. The lowest BCUT2D eigenvalue weighted by molar-refractivity contribution is -0.137. The van der Waals surface area contributed by atoms with Gasteiger partial charge < -0.3 is 21.7 Å². The van der Waals surface area contributed by atoms with Gasteiger partial charge in [0.25, 0.3) is 0 Å². The van der Waals surface area contributed by atoms with Crippen LogP contribution in [0.25, 0.3) is 0 Å². The highest BCUT2D eigenvalue weighted by atomic mass is 79.9. The van der Waals surface area contributed by atoms with Crippen LogP contribution in [0.5, 0.6) is 5.75 Å². The van der Waals surface area contributed by atoms with Gasteiger partial charge in [0, 0.05) is 12.0 Å². The minimum atomic E-state index is -1.01. The Hall–Kier alpha value is -1.60. The molecule has 0 fully saturated rings. The van der Waals surface area contributed by atoms with Crippen molar-refractivity contribution < 1.29 is 19.8 Å². The van der Waals surface area contributed by atoms with Crippen LogP contribution in [-0.4, -0.2) is 28.0 Å². The van der Waals surface area contributed by atoms with Crippen LogP contribution in [0, 0.1) is 0 Å². The predicted octanol–water partition coefficient (Wildman–Crippen LogP) is 1.11. The van der Waals surface area contributed by atoms with Gasteiger partial charge in [0.15, 0.2) is 5.78 Å². The summed E-state index contributed by atoms with van der Waals surface area (Å²) < 4.78 is 0.262. The van der Waals surface area contributed by atoms with Crippen molar-refractivity contribution >= 4 is 33.4 Å². The number of rotatable bonds is 5. The summed E-state index contributed by atoms with van der Waals surface area (Å²) in [6.45, 7) is 0. The number of halogens is 1. The number of carboxylic acid groups (broad SMARTS) is 1. The number of aromatic hydroxyl groups is 1. The van der Waals surface area contributed by atoms with E-state index in [-0.39, 0.29) is 34.3 Å². The molecule has 1 unspecified atom stereocenters. The molecule has 0 aliphatic heterocycles. The summed E-state index contributed by atoms with van der Waals surface area (Å²) in [4.78, 5) is 22.4. The number of phenols is 1. The maximum atomic E-state index is 12.0. The maximum Gasteiger partial charge on any atom is 0.303 e. The molecule has 1 atom stereocenters. The molecule has 1 rings (SSSR count). The lowest BCUT2D eigenvalue weighted by atomic mass is 10.0. The minimum Gasteiger partial charge on any atom is -0.506 e. The van der Waals surface area contributed by atoms with Crippen molar-refractivity contribution in [2.75, 3.05) is 5.73 Å². The zero-order valence-electron chi connectivity index (χ0n) is 9.39. The summed E-state index contributed by atoms with van der Waals surface area (Å²) in [5.41, 5.74) is 11.4. The van der Waals surface area contributed by atoms with E-state index in [0.717, 1.165) is 0 Å². The zero-order valence-corrected chi connectivity index (χ0v) is 11.0. The van der Waals surface area contributed by atoms with Gasteiger partial charge in [-0.15, -0.1) is 0 Å². The second kappa shape index (κ2) is 5.83. The highest BCUT2D eigenvalue weighted by Gasteiger charge is 2.21. The molecule has 0 aliphatic carbocycles. The van der Waals surface area contributed by atoms with Crippen molar-refractivity contribution in [3.8, 4) is 5.75 Å². The fourth-order valence-electron chi connectivity index (χ4n) is 1.38. The molecule has 0 saturated carbocycles. The molecule has 0 saturated heterocycles. The predicted molar refractivity (Wildman–Crippen MR) is 69.4 cm³/mol. The van der Waals surface area contributed by atoms with Crippen molar-refractivity contribution in [2.45, 2.75) is 18.9 Å². The number of nitrogens with two attached hydrogens (primary N) is 2. The summed E-state index contributed by atoms with van der Waals surface area (Å²) in [5.74, 6) is -1.57. The van der Waals surface area contributed by atoms with Gasteiger partial charge in [-0.1, -0.05) is 0 Å². The first-order valence-electron chi connectivity index (χ1n) is 5.13. The molecule has 0 spiro atoms. The minimum absolute atomic E-state index is 0.0430. The van der Waals surface area contributed by atoms with Crippen molar-refractivity contribution in [3.63, 3.8) is 0 Å². The Balaban J connectivity index is 2.90. The number of aliphatic carboxylic acids is 1. The number of anilines is 1. The van der Waals surface area contributed by atoms with Crippen LogP contribution in [0.1, 0.15) is 23.2 Å². The quantitative estimate of drug-likeness (QED) is 0.366. The second-order valence-electron chi connectivity index (χ2n) is 3.76. The monoisotopic (exact) mass is 316 g/mol. The Morgan fingerprint density at radius 2 is 2.00 bits per heavy atom. The third-order valence-corrected chi connectivity index (χ3v) is 3.28. The molecule has 18 heavy (non-hydrogen) atoms. The first-order chi connectivity index (χ1) is 8.34. The number of carbonyl (C=O) groups is 2. The van der Waals surface area contributed by atoms with E-state index in [0.29, 0.717) is 0 Å². The number of benzene rings is 1. The largest absolute Gasteiger partial charge is 0.506 e. The Morgan fingerprint density at radius 3 is 2.56 bits per heavy atom. The fourth-order valence-corrected chi connectivity index (χ4v) is 1.91. The molecule has 98 valence electrons. The fraction of sp³-hybridized carbons (Fsp3) is 0.273. The van der Waals surface area contributed by atoms with Crippen LogP contribution >= 0.6 is 15.9 Å². The number of hydrogen-bond donors (Lipinski definition) is 4. The highest BCUT2D eigenvalue weighted by molar-refractivity contribution is 9.10. The van der Waals surface area contributed by atoms with Gasteiger partial charge in [-0.25, -0.2) is 0 Å². The Labute approximate surface area is 112 Å². The van der Waals surface area contributed by atoms with E-state index in [4.69, 9.17) is 16.6 Å². The van der Waals surface area contributed by atoms with Crippen LogP contribution < -0.4 is 11.5 Å². The molecule has 7 heteroatoms. The van der Waals surface area contributed by atoms with Gasteiger partial charge in [-0.05, 0) is 34.5 Å². The highest BCUT2D eigenvalue weighted by Crippen LogP contribution is 2.32. The average Bonchev–Trinajstić information content (AvgIpc) is 2.32. The molecular weight excluding hydrogens is 304 g/mol. The number of Topliss-reactive ketones (excluding diaryl/α,β-unsaturated/α-hetero) is 1. The summed E-state index contributed by atoms with van der Waals surface area (Å²) in [7, 11) is 0. The van der Waals surface area contributed by atoms with Gasteiger partial charge in [-0.3, -0.25) is 9.59 Å². The summed E-state index contributed by atoms with van der Waals surface area (Å²) >= 11 is 3.10. The average molecular weight is 317 g/mol. The van der Waals surface area contributed by atoms with Gasteiger partial charge in [-0.2, -0.15) is 0 Å². The van der Waals surface area contributed by atoms with E-state index in [1.54, 1.807) is 0 Å². The molecule has 0 amide bonds. The van der Waals surface area contributed by atoms with Gasteiger partial charge in [0.05, 0.1) is 16.2 Å². The number of carboxylic acids is 1. The van der Waals surface area contributed by atoms with E-state index >= 15 is 0 Å². The van der Waals surface area contributed by atoms with Crippen molar-refractivity contribution in [2.24, 2.45) is 5.73 Å². The molecule has 0 heterocycles. The van der Waals surface area contributed by atoms with Crippen LogP contribution in [0.4, 0.5) is 5.69 Å². The van der Waals surface area contributed by atoms with Crippen molar-refractivity contribution in [1.82, 2.24) is 0 Å². The number of nitrogen functional groups attached to an aromatic ring is 1. The van der Waals surface area contributed by atoms with E-state index in [2.05, 4.69) is 15.9 Å². The van der Waals surface area contributed by atoms with Crippen LogP contribution in [0.15, 0.2) is 16.6 Å². The topological polar surface area (TPSA) is 127 Å². The molecule has 0 radical (unpaired) electrons. The molecule has 0 aromatic heterocycles. The lowest BCUT2D eigenvalue weighted by Crippen LogP contribution is -2.31. The summed E-state index contributed by atoms with van der Waals surface area (Å²) in [5, 5.41) is 17.9. The molecule has 1 aromatic rings. The second-order valence-corrected chi connectivity index (χ2v) is 4.56. The Morgan fingerprint density at radius 1 is 1.39 bits per heavy atom. The molecule has 1 aromatic carbocycles. The SMILES string of the molecule is Nc1c(O)ccc(C(=O)C(N)CCC(=O)O)c1Br. The van der Waals surface area contributed by atoms with Gasteiger partial charge in [0.1, 0.15) is 5.75 Å². The van der Waals surface area contributed by atoms with Crippen molar-refractivity contribution in [3.05, 3.63) is 22.2 Å². The van der Waals surface area contributed by atoms with Gasteiger partial charge in [0.2, 0.25) is 0 Å². The Kier molecular flexibility index (Phi) is 4.69. The van der Waals surface area contributed by atoms with E-state index < -0.39 is 17.8 Å². The molecule has 0 bridgehead atoms. The first-order valence-corrected chi connectivity index (χ1v) is 5.92. The molecular formula is C11H13BrN2O4. The number of ketones is 1. The number of carbonyl (C=O) groups excluding carboxylic acids is 1. The normalized spacial score (nSPS) is 12.1. The van der Waals surface area contributed by atoms with Gasteiger partial charge >= 0.3 is 5.97 Å². The van der Waals surface area contributed by atoms with Crippen LogP contribution in [-0.2, 0) is 4.79 Å². The van der Waals surface area contributed by atoms with Crippen LogP contribution in [0.2, 0.25) is 0 Å². The smallest absolute Gasteiger partial charge is 0.303 e. The zero-order chi connectivity index (χ0) is 13.9. The Bertz CT molecular complexity index is 490. The molecule has 6 nitrogen and oxygen atoms in total. The molecule has 6 N–H and O–H groups in total. The van der Waals surface area contributed by atoms with Crippen molar-refractivity contribution in [1.29, 1.82) is 0 Å².